The third-order valence-corrected chi connectivity index (χ3v) is 4.71. The monoisotopic (exact) mass is 284 g/mol. The highest BCUT2D eigenvalue weighted by Gasteiger charge is 2.38. The fraction of sp³-hybridized carbons (Fsp3) is 0.400. The van der Waals surface area contributed by atoms with Gasteiger partial charge in [0.05, 0.1) is 6.42 Å². The second-order valence-corrected chi connectivity index (χ2v) is 6.05. The Balaban J connectivity index is 1.68. The minimum Gasteiger partial charge on any atom is -0.300 e. The summed E-state index contributed by atoms with van der Waals surface area (Å²) in [5.41, 5.74) is 1.03. The first kappa shape index (κ1) is 12.0. The molecule has 102 valence electrons. The molecule has 4 nitrogen and oxygen atoms in total. The number of hydrogen-bond donors (Lipinski definition) is 1. The Kier molecular flexibility index (Phi) is 2.80. The number of allylic oxidation sites excluding steroid dienone is 2. The summed E-state index contributed by atoms with van der Waals surface area (Å²) in [6.45, 7) is 0. The van der Waals surface area contributed by atoms with Crippen molar-refractivity contribution in [3.8, 4) is 0 Å². The first-order chi connectivity index (χ1) is 9.81. The van der Waals surface area contributed by atoms with E-state index in [1.54, 1.807) is 0 Å². The highest BCUT2D eigenvalue weighted by molar-refractivity contribution is 7.71. The largest absolute Gasteiger partial charge is 0.300 e. The fourth-order valence-electron chi connectivity index (χ4n) is 3.52. The number of hydrogen-bond acceptors (Lipinski definition) is 3. The smallest absolute Gasteiger partial charge is 0.195 e. The summed E-state index contributed by atoms with van der Waals surface area (Å²) in [5.74, 6) is 2.34. The minimum atomic E-state index is 0.468. The first-order valence-electron chi connectivity index (χ1n) is 7.05. The second-order valence-electron chi connectivity index (χ2n) is 5.66. The van der Waals surface area contributed by atoms with E-state index in [1.807, 2.05) is 24.4 Å². The van der Waals surface area contributed by atoms with Crippen LogP contribution in [-0.4, -0.2) is 19.7 Å². The van der Waals surface area contributed by atoms with Gasteiger partial charge in [-0.3, -0.25) is 10.1 Å². The van der Waals surface area contributed by atoms with Gasteiger partial charge in [-0.15, -0.1) is 0 Å². The SMILES string of the molecule is S=c1[nH]nc(Cc2ccccn2)n1C1CC2C=CC1C2. The lowest BCUT2D eigenvalue weighted by Crippen LogP contribution is -2.17. The molecule has 1 fully saturated rings. The maximum Gasteiger partial charge on any atom is 0.195 e. The minimum absolute atomic E-state index is 0.468. The van der Waals surface area contributed by atoms with Crippen LogP contribution in [0.5, 0.6) is 0 Å². The van der Waals surface area contributed by atoms with Crippen LogP contribution in [0.2, 0.25) is 0 Å². The average Bonchev–Trinajstić information content (AvgIpc) is 3.16. The van der Waals surface area contributed by atoms with Crippen molar-refractivity contribution in [3.63, 3.8) is 0 Å². The van der Waals surface area contributed by atoms with Gasteiger partial charge in [0.25, 0.3) is 0 Å². The number of H-pyrrole nitrogens is 1. The third-order valence-electron chi connectivity index (χ3n) is 4.42. The van der Waals surface area contributed by atoms with Crippen molar-refractivity contribution in [1.82, 2.24) is 19.7 Å². The van der Waals surface area contributed by atoms with Gasteiger partial charge in [-0.1, -0.05) is 18.2 Å². The third kappa shape index (κ3) is 1.93. The summed E-state index contributed by atoms with van der Waals surface area (Å²) in [5, 5.41) is 7.38. The Bertz CT molecular complexity index is 700. The number of pyridine rings is 1. The average molecular weight is 284 g/mol. The zero-order valence-electron chi connectivity index (χ0n) is 11.1. The number of rotatable bonds is 3. The Morgan fingerprint density at radius 1 is 1.30 bits per heavy atom. The van der Waals surface area contributed by atoms with Crippen LogP contribution >= 0.6 is 12.2 Å². The van der Waals surface area contributed by atoms with Crippen molar-refractivity contribution >= 4 is 12.2 Å². The summed E-state index contributed by atoms with van der Waals surface area (Å²) in [4.78, 5) is 4.38. The summed E-state index contributed by atoms with van der Waals surface area (Å²) >= 11 is 5.44. The van der Waals surface area contributed by atoms with Crippen molar-refractivity contribution in [3.05, 3.63) is 52.8 Å². The van der Waals surface area contributed by atoms with Gasteiger partial charge >= 0.3 is 0 Å². The summed E-state index contributed by atoms with van der Waals surface area (Å²) in [7, 11) is 0. The molecular formula is C15H16N4S. The van der Waals surface area contributed by atoms with Gasteiger partial charge in [0, 0.05) is 17.9 Å². The van der Waals surface area contributed by atoms with E-state index < -0.39 is 0 Å². The van der Waals surface area contributed by atoms with Gasteiger partial charge in [0.15, 0.2) is 4.77 Å². The standard InChI is InChI=1S/C15H16N4S/c20-15-18-17-14(9-12-3-1-2-6-16-12)19(15)13-8-10-4-5-11(13)7-10/h1-6,10-11,13H,7-9H2,(H,18,20). The molecule has 0 radical (unpaired) electrons. The zero-order valence-corrected chi connectivity index (χ0v) is 11.9. The maximum atomic E-state index is 5.44. The molecule has 2 aromatic heterocycles. The van der Waals surface area contributed by atoms with Gasteiger partial charge in [0.1, 0.15) is 5.82 Å². The van der Waals surface area contributed by atoms with Gasteiger partial charge < -0.3 is 4.57 Å². The lowest BCUT2D eigenvalue weighted by atomic mass is 10.0. The van der Waals surface area contributed by atoms with Gasteiger partial charge in [-0.25, -0.2) is 0 Å². The van der Waals surface area contributed by atoms with Crippen molar-refractivity contribution in [1.29, 1.82) is 0 Å². The van der Waals surface area contributed by atoms with E-state index >= 15 is 0 Å². The van der Waals surface area contributed by atoms with E-state index in [0.29, 0.717) is 12.0 Å². The van der Waals surface area contributed by atoms with Gasteiger partial charge in [0.2, 0.25) is 0 Å². The molecule has 2 aromatic rings. The molecule has 0 aliphatic heterocycles. The molecule has 20 heavy (non-hydrogen) atoms. The molecule has 0 amide bonds. The first-order valence-corrected chi connectivity index (χ1v) is 7.46. The van der Waals surface area contributed by atoms with E-state index in [0.717, 1.165) is 28.6 Å². The van der Waals surface area contributed by atoms with Crippen molar-refractivity contribution in [2.24, 2.45) is 11.8 Å². The highest BCUT2D eigenvalue weighted by Crippen LogP contribution is 2.46. The Morgan fingerprint density at radius 3 is 2.95 bits per heavy atom. The Hall–Kier alpha value is -1.75. The van der Waals surface area contributed by atoms with E-state index in [-0.39, 0.29) is 0 Å². The summed E-state index contributed by atoms with van der Waals surface area (Å²) in [6, 6.07) is 6.44. The normalized spacial score (nSPS) is 27.3. The molecule has 2 heterocycles. The molecule has 3 atom stereocenters. The summed E-state index contributed by atoms with van der Waals surface area (Å²) < 4.78 is 2.96. The van der Waals surface area contributed by atoms with Crippen LogP contribution in [0, 0.1) is 16.6 Å². The van der Waals surface area contributed by atoms with Gasteiger partial charge in [-0.2, -0.15) is 5.10 Å². The predicted molar refractivity (Wildman–Crippen MR) is 78.8 cm³/mol. The Labute approximate surface area is 122 Å². The van der Waals surface area contributed by atoms with Crippen LogP contribution < -0.4 is 0 Å². The molecule has 0 spiro atoms. The highest BCUT2D eigenvalue weighted by atomic mass is 32.1. The quantitative estimate of drug-likeness (QED) is 0.696. The Morgan fingerprint density at radius 2 is 2.25 bits per heavy atom. The topological polar surface area (TPSA) is 46.5 Å². The molecule has 1 saturated carbocycles. The van der Waals surface area contributed by atoms with Crippen LogP contribution in [0.25, 0.3) is 0 Å². The molecule has 5 heteroatoms. The predicted octanol–water partition coefficient (Wildman–Crippen LogP) is 3.06. The van der Waals surface area contributed by atoms with E-state index in [9.17, 15) is 0 Å². The molecule has 4 rings (SSSR count). The molecular weight excluding hydrogens is 268 g/mol. The molecule has 1 N–H and O–H groups in total. The van der Waals surface area contributed by atoms with E-state index in [2.05, 4.69) is 31.9 Å². The fourth-order valence-corrected chi connectivity index (χ4v) is 3.80. The van der Waals surface area contributed by atoms with Crippen LogP contribution in [0.4, 0.5) is 0 Å². The number of nitrogens with zero attached hydrogens (tertiary/aromatic N) is 3. The van der Waals surface area contributed by atoms with E-state index in [1.165, 1.54) is 12.8 Å². The molecule has 0 aromatic carbocycles. The summed E-state index contributed by atoms with van der Waals surface area (Å²) in [6.07, 6.45) is 9.69. The maximum absolute atomic E-state index is 5.44. The zero-order chi connectivity index (χ0) is 13.5. The molecule has 0 saturated heterocycles. The van der Waals surface area contributed by atoms with Crippen LogP contribution in [0.3, 0.4) is 0 Å². The van der Waals surface area contributed by atoms with Crippen molar-refractivity contribution in [2.45, 2.75) is 25.3 Å². The number of aromatic nitrogens is 4. The lowest BCUT2D eigenvalue weighted by molar-refractivity contribution is 0.416. The lowest BCUT2D eigenvalue weighted by Gasteiger charge is -2.21. The van der Waals surface area contributed by atoms with E-state index in [4.69, 9.17) is 12.2 Å². The molecule has 2 aliphatic rings. The number of nitrogens with one attached hydrogen (secondary N) is 1. The molecule has 3 unspecified atom stereocenters. The van der Waals surface area contributed by atoms with Crippen LogP contribution in [0.1, 0.15) is 30.4 Å². The molecule has 2 aliphatic carbocycles. The van der Waals surface area contributed by atoms with Crippen LogP contribution in [0.15, 0.2) is 36.5 Å². The van der Waals surface area contributed by atoms with Crippen molar-refractivity contribution < 1.29 is 0 Å². The second kappa shape index (κ2) is 4.66. The van der Waals surface area contributed by atoms with Crippen LogP contribution in [-0.2, 0) is 6.42 Å². The van der Waals surface area contributed by atoms with Gasteiger partial charge in [-0.05, 0) is 49.0 Å². The number of fused-ring (bicyclic) bond motifs is 2. The molecule has 2 bridgehead atoms. The number of aromatic amines is 1. The van der Waals surface area contributed by atoms with Crippen molar-refractivity contribution in [2.75, 3.05) is 0 Å².